The number of esters is 2. The molecule has 7 heteroatoms. The first-order chi connectivity index (χ1) is 9.56. The van der Waals surface area contributed by atoms with Crippen molar-refractivity contribution < 1.29 is 33.3 Å². The van der Waals surface area contributed by atoms with E-state index >= 15 is 0 Å². The summed E-state index contributed by atoms with van der Waals surface area (Å²) in [5.41, 5.74) is 0.313. The van der Waals surface area contributed by atoms with Gasteiger partial charge in [0.15, 0.2) is 0 Å². The Morgan fingerprint density at radius 2 is 1.80 bits per heavy atom. The molecule has 0 aliphatic rings. The van der Waals surface area contributed by atoms with Gasteiger partial charge in [0.2, 0.25) is 6.79 Å². The Morgan fingerprint density at radius 3 is 2.35 bits per heavy atom. The fourth-order valence-electron chi connectivity index (χ4n) is 1.10. The van der Waals surface area contributed by atoms with Crippen LogP contribution in [0.2, 0.25) is 0 Å². The summed E-state index contributed by atoms with van der Waals surface area (Å²) in [5, 5.41) is 0. The van der Waals surface area contributed by atoms with Gasteiger partial charge in [-0.3, -0.25) is 0 Å². The molecule has 20 heavy (non-hydrogen) atoms. The summed E-state index contributed by atoms with van der Waals surface area (Å²) in [6.45, 7) is 2.59. The Labute approximate surface area is 114 Å². The van der Waals surface area contributed by atoms with Crippen LogP contribution in [0.3, 0.4) is 0 Å². The van der Waals surface area contributed by atoms with Gasteiger partial charge in [-0.05, 0) is 24.3 Å². The van der Waals surface area contributed by atoms with E-state index in [1.165, 1.54) is 31.4 Å². The highest BCUT2D eigenvalue weighted by Gasteiger charge is 2.09. The third kappa shape index (κ3) is 4.81. The van der Waals surface area contributed by atoms with E-state index in [-0.39, 0.29) is 5.75 Å². The third-order valence-electron chi connectivity index (χ3n) is 2.02. The lowest BCUT2D eigenvalue weighted by Gasteiger charge is -2.06. The van der Waals surface area contributed by atoms with E-state index in [0.29, 0.717) is 5.56 Å². The second kappa shape index (κ2) is 7.57. The van der Waals surface area contributed by atoms with Crippen LogP contribution in [0.15, 0.2) is 36.9 Å². The lowest BCUT2D eigenvalue weighted by Crippen LogP contribution is -2.14. The highest BCUT2D eigenvalue weighted by atomic mass is 16.8. The molecule has 1 rings (SSSR count). The van der Waals surface area contributed by atoms with Gasteiger partial charge >= 0.3 is 18.1 Å². The summed E-state index contributed by atoms with van der Waals surface area (Å²) in [5.74, 6) is -1.06. The number of carbonyl (C=O) groups is 3. The van der Waals surface area contributed by atoms with Crippen molar-refractivity contribution in [3.05, 3.63) is 42.5 Å². The molecule has 0 saturated carbocycles. The standard InChI is InChI=1S/C13H12O7/c1-3-11(14)18-8-19-13(16)20-10-6-4-9(5-7-10)12(15)17-2/h3-7H,1,8H2,2H3. The van der Waals surface area contributed by atoms with E-state index in [0.717, 1.165) is 6.08 Å². The van der Waals surface area contributed by atoms with Crippen molar-refractivity contribution in [1.29, 1.82) is 0 Å². The quantitative estimate of drug-likeness (QED) is 0.351. The fraction of sp³-hybridized carbons (Fsp3) is 0.154. The van der Waals surface area contributed by atoms with Crippen LogP contribution in [0, 0.1) is 0 Å². The van der Waals surface area contributed by atoms with Crippen LogP contribution in [-0.4, -0.2) is 32.0 Å². The van der Waals surface area contributed by atoms with Crippen molar-refractivity contribution in [3.63, 3.8) is 0 Å². The monoisotopic (exact) mass is 280 g/mol. The predicted octanol–water partition coefficient (Wildman–Crippen LogP) is 1.68. The van der Waals surface area contributed by atoms with Crippen molar-refractivity contribution in [2.45, 2.75) is 0 Å². The van der Waals surface area contributed by atoms with E-state index in [2.05, 4.69) is 20.8 Å². The molecule has 0 spiro atoms. The Balaban J connectivity index is 2.44. The number of ether oxygens (including phenoxy) is 4. The highest BCUT2D eigenvalue weighted by Crippen LogP contribution is 2.13. The van der Waals surface area contributed by atoms with Gasteiger partial charge in [0, 0.05) is 6.08 Å². The summed E-state index contributed by atoms with van der Waals surface area (Å²) >= 11 is 0. The first-order valence-corrected chi connectivity index (χ1v) is 5.39. The Hall–Kier alpha value is -2.83. The molecule has 0 atom stereocenters. The van der Waals surface area contributed by atoms with E-state index in [4.69, 9.17) is 4.74 Å². The van der Waals surface area contributed by atoms with Crippen molar-refractivity contribution in [2.75, 3.05) is 13.9 Å². The lowest BCUT2D eigenvalue weighted by molar-refractivity contribution is -0.146. The summed E-state index contributed by atoms with van der Waals surface area (Å²) in [6, 6.07) is 5.63. The Bertz CT molecular complexity index is 504. The summed E-state index contributed by atoms with van der Waals surface area (Å²) in [4.78, 5) is 33.0. The molecule has 0 N–H and O–H groups in total. The maximum atomic E-state index is 11.2. The molecule has 0 aromatic heterocycles. The van der Waals surface area contributed by atoms with Gasteiger partial charge in [0.05, 0.1) is 12.7 Å². The van der Waals surface area contributed by atoms with Crippen molar-refractivity contribution in [2.24, 2.45) is 0 Å². The largest absolute Gasteiger partial charge is 0.516 e. The van der Waals surface area contributed by atoms with E-state index in [1.54, 1.807) is 0 Å². The minimum atomic E-state index is -1.05. The first kappa shape index (κ1) is 15.2. The highest BCUT2D eigenvalue weighted by molar-refractivity contribution is 5.89. The molecule has 0 unspecified atom stereocenters. The second-order valence-corrected chi connectivity index (χ2v) is 3.30. The molecule has 7 nitrogen and oxygen atoms in total. The SMILES string of the molecule is C=CC(=O)OCOC(=O)Oc1ccc(C(=O)OC)cc1. The number of hydrogen-bond acceptors (Lipinski definition) is 7. The molecular weight excluding hydrogens is 268 g/mol. The van der Waals surface area contributed by atoms with E-state index in [9.17, 15) is 14.4 Å². The van der Waals surface area contributed by atoms with Gasteiger partial charge in [-0.25, -0.2) is 14.4 Å². The first-order valence-electron chi connectivity index (χ1n) is 5.39. The van der Waals surface area contributed by atoms with E-state index in [1.807, 2.05) is 0 Å². The van der Waals surface area contributed by atoms with Crippen LogP contribution < -0.4 is 4.74 Å². The molecule has 0 saturated heterocycles. The normalized spacial score (nSPS) is 9.25. The minimum Gasteiger partial charge on any atom is -0.465 e. The van der Waals surface area contributed by atoms with Crippen LogP contribution >= 0.6 is 0 Å². The van der Waals surface area contributed by atoms with Crippen molar-refractivity contribution in [1.82, 2.24) is 0 Å². The molecule has 0 aliphatic heterocycles. The summed E-state index contributed by atoms with van der Waals surface area (Å²) in [7, 11) is 1.26. The van der Waals surface area contributed by atoms with Gasteiger partial charge in [-0.2, -0.15) is 0 Å². The maximum absolute atomic E-state index is 11.2. The number of hydrogen-bond donors (Lipinski definition) is 0. The van der Waals surface area contributed by atoms with Crippen LogP contribution in [0.1, 0.15) is 10.4 Å². The molecule has 0 bridgehead atoms. The van der Waals surface area contributed by atoms with E-state index < -0.39 is 24.9 Å². The molecule has 106 valence electrons. The van der Waals surface area contributed by atoms with Crippen molar-refractivity contribution in [3.8, 4) is 5.75 Å². The zero-order valence-electron chi connectivity index (χ0n) is 10.7. The molecule has 0 amide bonds. The predicted molar refractivity (Wildman–Crippen MR) is 66.0 cm³/mol. The van der Waals surface area contributed by atoms with Crippen LogP contribution in [0.4, 0.5) is 4.79 Å². The summed E-state index contributed by atoms with van der Waals surface area (Å²) < 4.78 is 18.2. The van der Waals surface area contributed by atoms with Gasteiger partial charge in [0.25, 0.3) is 0 Å². The zero-order valence-corrected chi connectivity index (χ0v) is 10.7. The topological polar surface area (TPSA) is 88.1 Å². The van der Waals surface area contributed by atoms with Crippen molar-refractivity contribution >= 4 is 18.1 Å². The molecule has 0 fully saturated rings. The van der Waals surface area contributed by atoms with Gasteiger partial charge in [0.1, 0.15) is 5.75 Å². The number of carbonyl (C=O) groups excluding carboxylic acids is 3. The van der Waals surface area contributed by atoms with Crippen LogP contribution in [0.25, 0.3) is 0 Å². The second-order valence-electron chi connectivity index (χ2n) is 3.30. The molecule has 0 radical (unpaired) electrons. The molecule has 1 aromatic carbocycles. The number of methoxy groups -OCH3 is 1. The number of benzene rings is 1. The maximum Gasteiger partial charge on any atom is 0.516 e. The molecule has 1 aromatic rings. The number of rotatable bonds is 5. The molecule has 0 heterocycles. The van der Waals surface area contributed by atoms with Crippen LogP contribution in [-0.2, 0) is 19.0 Å². The summed E-state index contributed by atoms with van der Waals surface area (Å²) in [6.07, 6.45) is -0.118. The van der Waals surface area contributed by atoms with Gasteiger partial charge in [-0.15, -0.1) is 0 Å². The fourth-order valence-corrected chi connectivity index (χ4v) is 1.10. The Morgan fingerprint density at radius 1 is 1.15 bits per heavy atom. The Kier molecular flexibility index (Phi) is 5.76. The van der Waals surface area contributed by atoms with Crippen LogP contribution in [0.5, 0.6) is 5.75 Å². The minimum absolute atomic E-state index is 0.165. The molecule has 0 aliphatic carbocycles. The lowest BCUT2D eigenvalue weighted by atomic mass is 10.2. The third-order valence-corrected chi connectivity index (χ3v) is 2.02. The average Bonchev–Trinajstić information content (AvgIpc) is 2.47. The van der Waals surface area contributed by atoms with Gasteiger partial charge < -0.3 is 18.9 Å². The average molecular weight is 280 g/mol. The molecular formula is C13H12O7. The zero-order chi connectivity index (χ0) is 15.0. The van der Waals surface area contributed by atoms with Gasteiger partial charge in [-0.1, -0.05) is 6.58 Å². The smallest absolute Gasteiger partial charge is 0.465 e.